The Labute approximate surface area is 177 Å². The fourth-order valence-corrected chi connectivity index (χ4v) is 3.69. The van der Waals surface area contributed by atoms with Crippen molar-refractivity contribution in [2.24, 2.45) is 0 Å². The molecule has 0 bridgehead atoms. The van der Waals surface area contributed by atoms with E-state index in [2.05, 4.69) is 15.4 Å². The number of benzene rings is 2. The molecule has 1 aliphatic rings. The normalized spacial score (nSPS) is 15.4. The van der Waals surface area contributed by atoms with Crippen LogP contribution in [0, 0.1) is 12.7 Å². The molecule has 31 heavy (non-hydrogen) atoms. The van der Waals surface area contributed by atoms with E-state index in [0.717, 1.165) is 22.6 Å². The van der Waals surface area contributed by atoms with Gasteiger partial charge >= 0.3 is 0 Å². The molecule has 7 nitrogen and oxygen atoms in total. The molecule has 0 fully saturated rings. The number of halogens is 1. The summed E-state index contributed by atoms with van der Waals surface area (Å²) in [5.74, 6) is 1.15. The number of nitrogens with one attached hydrogen (secondary N) is 2. The van der Waals surface area contributed by atoms with Crippen LogP contribution in [0.4, 0.5) is 4.39 Å². The Morgan fingerprint density at radius 2 is 1.97 bits per heavy atom. The third kappa shape index (κ3) is 3.77. The topological polar surface area (TPSA) is 81.2 Å². The van der Waals surface area contributed by atoms with E-state index in [1.54, 1.807) is 16.8 Å². The molecule has 0 saturated heterocycles. The van der Waals surface area contributed by atoms with Gasteiger partial charge in [0.1, 0.15) is 24.2 Å². The van der Waals surface area contributed by atoms with Gasteiger partial charge in [-0.1, -0.05) is 12.1 Å². The second-order valence-electron chi connectivity index (χ2n) is 7.49. The van der Waals surface area contributed by atoms with Gasteiger partial charge in [-0.15, -0.1) is 0 Å². The van der Waals surface area contributed by atoms with E-state index in [1.807, 2.05) is 37.3 Å². The summed E-state index contributed by atoms with van der Waals surface area (Å²) < 4.78 is 26.5. The second-order valence-corrected chi connectivity index (χ2v) is 7.49. The number of nitrogens with zero attached hydrogens (tertiary/aromatic N) is 2. The third-order valence-electron chi connectivity index (χ3n) is 5.28. The van der Waals surface area contributed by atoms with Crippen molar-refractivity contribution in [3.8, 4) is 17.2 Å². The summed E-state index contributed by atoms with van der Waals surface area (Å²) in [6.45, 7) is 3.25. The number of rotatable bonds is 5. The van der Waals surface area contributed by atoms with Crippen LogP contribution in [-0.2, 0) is 6.54 Å². The number of hydrogen-bond donors (Lipinski definition) is 2. The Kier molecular flexibility index (Phi) is 4.91. The molecule has 2 N–H and O–H groups in total. The van der Waals surface area contributed by atoms with Gasteiger partial charge in [-0.2, -0.15) is 5.10 Å². The van der Waals surface area contributed by atoms with E-state index >= 15 is 0 Å². The van der Waals surface area contributed by atoms with Crippen molar-refractivity contribution in [2.75, 3.05) is 13.2 Å². The summed E-state index contributed by atoms with van der Waals surface area (Å²) >= 11 is 0. The molecular weight excluding hydrogens is 399 g/mol. The van der Waals surface area contributed by atoms with Gasteiger partial charge in [0, 0.05) is 24.0 Å². The maximum Gasteiger partial charge on any atom is 0.254 e. The van der Waals surface area contributed by atoms with Crippen LogP contribution in [-0.4, -0.2) is 34.0 Å². The van der Waals surface area contributed by atoms with Crippen LogP contribution in [0.3, 0.4) is 0 Å². The monoisotopic (exact) mass is 420 g/mol. The van der Waals surface area contributed by atoms with Crippen LogP contribution in [0.15, 0.2) is 59.4 Å². The van der Waals surface area contributed by atoms with Gasteiger partial charge in [0.05, 0.1) is 11.4 Å². The Balaban J connectivity index is 1.32. The molecule has 0 saturated carbocycles. The fraction of sp³-hybridized carbons (Fsp3) is 0.217. The molecule has 2 aromatic heterocycles. The minimum atomic E-state index is -0.324. The summed E-state index contributed by atoms with van der Waals surface area (Å²) in [4.78, 5) is 15.6. The first-order chi connectivity index (χ1) is 15.1. The predicted octanol–water partition coefficient (Wildman–Crippen LogP) is 3.09. The zero-order valence-corrected chi connectivity index (χ0v) is 16.9. The molecule has 1 aliphatic heterocycles. The van der Waals surface area contributed by atoms with E-state index in [1.165, 1.54) is 12.1 Å². The van der Waals surface area contributed by atoms with Gasteiger partial charge in [0.2, 0.25) is 0 Å². The first kappa shape index (κ1) is 19.3. The largest absolute Gasteiger partial charge is 0.486 e. The number of hydrogen-bond acceptors (Lipinski definition) is 5. The number of fused-ring (bicyclic) bond motifs is 2. The molecule has 3 heterocycles. The summed E-state index contributed by atoms with van der Waals surface area (Å²) in [5.41, 5.74) is 2.44. The SMILES string of the molecule is Cc1nn(-c2ccc(F)cc2)c2[nH]c(=O)c(CNC[C@H]3COc4ccccc4O3)cc12. The van der Waals surface area contributed by atoms with Crippen molar-refractivity contribution in [3.63, 3.8) is 0 Å². The molecule has 8 heteroatoms. The lowest BCUT2D eigenvalue weighted by molar-refractivity contribution is 0.0902. The molecule has 0 amide bonds. The maximum atomic E-state index is 13.3. The van der Waals surface area contributed by atoms with Crippen LogP contribution in [0.25, 0.3) is 16.7 Å². The standard InChI is InChI=1S/C23H21FN4O3/c1-14-19-10-15(11-25-12-18-13-30-20-4-2-3-5-21(20)31-18)23(29)26-22(19)28(27-14)17-8-6-16(24)7-9-17/h2-10,18,25H,11-13H2,1H3,(H,26,29)/t18-/m0/s1. The lowest BCUT2D eigenvalue weighted by Crippen LogP contribution is -2.38. The van der Waals surface area contributed by atoms with Crippen molar-refractivity contribution in [3.05, 3.63) is 82.0 Å². The van der Waals surface area contributed by atoms with Gasteiger partial charge < -0.3 is 19.8 Å². The number of aromatic nitrogens is 3. The lowest BCUT2D eigenvalue weighted by atomic mass is 10.2. The molecule has 4 aromatic rings. The highest BCUT2D eigenvalue weighted by Crippen LogP contribution is 2.30. The molecule has 2 aromatic carbocycles. The second kappa shape index (κ2) is 7.88. The van der Waals surface area contributed by atoms with Gasteiger partial charge in [-0.25, -0.2) is 9.07 Å². The minimum absolute atomic E-state index is 0.138. The first-order valence-corrected chi connectivity index (χ1v) is 10.0. The Bertz CT molecular complexity index is 1300. The molecule has 0 radical (unpaired) electrons. The molecule has 0 unspecified atom stereocenters. The van der Waals surface area contributed by atoms with Crippen LogP contribution in [0.1, 0.15) is 11.3 Å². The average molecular weight is 420 g/mol. The number of H-pyrrole nitrogens is 1. The Morgan fingerprint density at radius 3 is 2.77 bits per heavy atom. The Morgan fingerprint density at radius 1 is 1.19 bits per heavy atom. The van der Waals surface area contributed by atoms with Crippen LogP contribution >= 0.6 is 0 Å². The number of aryl methyl sites for hydroxylation is 1. The molecule has 1 atom stereocenters. The molecule has 5 rings (SSSR count). The van der Waals surface area contributed by atoms with Crippen molar-refractivity contribution in [1.29, 1.82) is 0 Å². The minimum Gasteiger partial charge on any atom is -0.486 e. The smallest absolute Gasteiger partial charge is 0.254 e. The zero-order valence-electron chi connectivity index (χ0n) is 16.9. The highest BCUT2D eigenvalue weighted by atomic mass is 19.1. The fourth-order valence-electron chi connectivity index (χ4n) is 3.69. The van der Waals surface area contributed by atoms with Gasteiger partial charge in [-0.3, -0.25) is 4.79 Å². The predicted molar refractivity (Wildman–Crippen MR) is 114 cm³/mol. The quantitative estimate of drug-likeness (QED) is 0.519. The summed E-state index contributed by atoms with van der Waals surface area (Å²) in [7, 11) is 0. The van der Waals surface area contributed by atoms with Crippen molar-refractivity contribution in [2.45, 2.75) is 19.6 Å². The summed E-state index contributed by atoms with van der Waals surface area (Å²) in [5, 5.41) is 8.63. The van der Waals surface area contributed by atoms with E-state index in [4.69, 9.17) is 9.47 Å². The van der Waals surface area contributed by atoms with Crippen LogP contribution in [0.5, 0.6) is 11.5 Å². The van der Waals surface area contributed by atoms with Crippen molar-refractivity contribution < 1.29 is 13.9 Å². The molecule has 0 aliphatic carbocycles. The molecule has 158 valence electrons. The van der Waals surface area contributed by atoms with Crippen molar-refractivity contribution in [1.82, 2.24) is 20.1 Å². The van der Waals surface area contributed by atoms with E-state index in [9.17, 15) is 9.18 Å². The van der Waals surface area contributed by atoms with Gasteiger partial charge in [0.15, 0.2) is 11.5 Å². The highest BCUT2D eigenvalue weighted by molar-refractivity contribution is 5.80. The lowest BCUT2D eigenvalue weighted by Gasteiger charge is -2.26. The van der Waals surface area contributed by atoms with E-state index < -0.39 is 0 Å². The number of para-hydroxylation sites is 2. The van der Waals surface area contributed by atoms with Crippen LogP contribution < -0.4 is 20.3 Å². The maximum absolute atomic E-state index is 13.3. The molecular formula is C23H21FN4O3. The van der Waals surface area contributed by atoms with Crippen molar-refractivity contribution >= 4 is 11.0 Å². The highest BCUT2D eigenvalue weighted by Gasteiger charge is 2.20. The van der Waals surface area contributed by atoms with Crippen LogP contribution in [0.2, 0.25) is 0 Å². The summed E-state index contributed by atoms with van der Waals surface area (Å²) in [6.07, 6.45) is -0.138. The van der Waals surface area contributed by atoms with Gasteiger partial charge in [-0.05, 0) is 49.4 Å². The van der Waals surface area contributed by atoms with E-state index in [-0.39, 0.29) is 17.5 Å². The average Bonchev–Trinajstić information content (AvgIpc) is 3.09. The number of aromatic amines is 1. The molecule has 0 spiro atoms. The Hall–Kier alpha value is -3.65. The third-order valence-corrected chi connectivity index (χ3v) is 5.28. The van der Waals surface area contributed by atoms with E-state index in [0.29, 0.717) is 36.6 Å². The number of pyridine rings is 1. The van der Waals surface area contributed by atoms with Gasteiger partial charge in [0.25, 0.3) is 5.56 Å². The number of ether oxygens (including phenoxy) is 2. The summed E-state index contributed by atoms with van der Waals surface area (Å²) in [6, 6.07) is 15.4. The first-order valence-electron chi connectivity index (χ1n) is 10.0. The zero-order chi connectivity index (χ0) is 21.4.